The van der Waals surface area contributed by atoms with Crippen molar-refractivity contribution in [2.45, 2.75) is 25.4 Å². The van der Waals surface area contributed by atoms with E-state index in [0.717, 1.165) is 24.4 Å². The Balaban J connectivity index is 1.29. The lowest BCUT2D eigenvalue weighted by Crippen LogP contribution is -2.42. The zero-order valence-corrected chi connectivity index (χ0v) is 18.1. The molecule has 2 aromatic heterocycles. The third-order valence-electron chi connectivity index (χ3n) is 5.42. The van der Waals surface area contributed by atoms with Crippen molar-refractivity contribution in [3.63, 3.8) is 0 Å². The number of likely N-dealkylation sites (tertiary alicyclic amines) is 1. The fourth-order valence-corrected chi connectivity index (χ4v) is 3.77. The fourth-order valence-electron chi connectivity index (χ4n) is 3.77. The monoisotopic (exact) mass is 437 g/mol. The van der Waals surface area contributed by atoms with Crippen molar-refractivity contribution in [1.82, 2.24) is 20.5 Å². The van der Waals surface area contributed by atoms with E-state index < -0.39 is 0 Å². The van der Waals surface area contributed by atoms with Crippen LogP contribution in [0.5, 0.6) is 11.6 Å². The molecular weight excluding hydrogens is 409 g/mol. The van der Waals surface area contributed by atoms with Gasteiger partial charge in [0.25, 0.3) is 0 Å². The summed E-state index contributed by atoms with van der Waals surface area (Å²) in [4.78, 5) is 11.1. The predicted octanol–water partition coefficient (Wildman–Crippen LogP) is 4.11. The van der Waals surface area contributed by atoms with E-state index >= 15 is 0 Å². The molecule has 0 bridgehead atoms. The van der Waals surface area contributed by atoms with Crippen molar-refractivity contribution in [3.8, 4) is 11.6 Å². The number of ether oxygens (including phenoxy) is 1. The van der Waals surface area contributed by atoms with Gasteiger partial charge in [0.05, 0.1) is 12.3 Å². The van der Waals surface area contributed by atoms with Crippen molar-refractivity contribution in [1.29, 1.82) is 0 Å². The van der Waals surface area contributed by atoms with Gasteiger partial charge in [0.15, 0.2) is 5.96 Å². The molecule has 0 spiro atoms. The minimum atomic E-state index is -0.346. The molecule has 1 aliphatic rings. The Hall–Kier alpha value is -3.39. The van der Waals surface area contributed by atoms with Crippen LogP contribution < -0.4 is 15.4 Å². The van der Waals surface area contributed by atoms with E-state index in [9.17, 15) is 4.39 Å². The molecule has 1 unspecified atom stereocenters. The smallest absolute Gasteiger partial charge is 0.219 e. The highest BCUT2D eigenvalue weighted by molar-refractivity contribution is 5.79. The number of aliphatic imine (C=N–C) groups is 1. The van der Waals surface area contributed by atoms with Gasteiger partial charge in [0, 0.05) is 38.5 Å². The summed E-state index contributed by atoms with van der Waals surface area (Å²) < 4.78 is 24.6. The molecule has 1 atom stereocenters. The number of nitrogens with zero attached hydrogens (tertiary/aromatic N) is 3. The lowest BCUT2D eigenvalue weighted by Gasteiger charge is -2.26. The number of pyridine rings is 1. The molecule has 168 valence electrons. The maximum atomic E-state index is 13.3. The summed E-state index contributed by atoms with van der Waals surface area (Å²) >= 11 is 0. The Morgan fingerprint density at radius 3 is 2.75 bits per heavy atom. The predicted molar refractivity (Wildman–Crippen MR) is 121 cm³/mol. The van der Waals surface area contributed by atoms with Gasteiger partial charge in [-0.15, -0.1) is 0 Å². The summed E-state index contributed by atoms with van der Waals surface area (Å²) in [5.74, 6) is 2.15. The van der Waals surface area contributed by atoms with Gasteiger partial charge in [-0.05, 0) is 55.8 Å². The van der Waals surface area contributed by atoms with E-state index in [4.69, 9.17) is 9.15 Å². The quantitative estimate of drug-likeness (QED) is 0.408. The molecule has 8 heteroatoms. The van der Waals surface area contributed by atoms with Crippen LogP contribution in [0.15, 0.2) is 70.4 Å². The van der Waals surface area contributed by atoms with Gasteiger partial charge in [0.1, 0.15) is 17.3 Å². The van der Waals surface area contributed by atoms with Gasteiger partial charge in [-0.1, -0.05) is 12.1 Å². The molecule has 3 aromatic rings. The molecule has 1 fully saturated rings. The Morgan fingerprint density at radius 2 is 2.06 bits per heavy atom. The molecule has 4 rings (SSSR count). The summed E-state index contributed by atoms with van der Waals surface area (Å²) in [5, 5.41) is 6.72. The van der Waals surface area contributed by atoms with Crippen LogP contribution in [-0.4, -0.2) is 42.5 Å². The minimum absolute atomic E-state index is 0.173. The zero-order chi connectivity index (χ0) is 22.2. The van der Waals surface area contributed by atoms with Crippen LogP contribution in [0.3, 0.4) is 0 Å². The molecular formula is C24H28FN5O2. The average molecular weight is 438 g/mol. The molecule has 0 radical (unpaired) electrons. The highest BCUT2D eigenvalue weighted by Gasteiger charge is 2.25. The molecule has 0 aliphatic carbocycles. The van der Waals surface area contributed by atoms with E-state index in [2.05, 4.69) is 25.5 Å². The van der Waals surface area contributed by atoms with Gasteiger partial charge >= 0.3 is 0 Å². The number of nitrogens with one attached hydrogen (secondary N) is 2. The lowest BCUT2D eigenvalue weighted by atomic mass is 10.2. The first-order chi connectivity index (χ1) is 15.7. The molecule has 1 aliphatic heterocycles. The number of rotatable bonds is 8. The SMILES string of the molecule is CN=C(NCc1ccc(Oc2cccc(F)c2)nc1)NCC(c1ccco1)N1CCCC1. The molecule has 1 saturated heterocycles. The minimum Gasteiger partial charge on any atom is -0.468 e. The molecule has 7 nitrogen and oxygen atoms in total. The van der Waals surface area contributed by atoms with Crippen molar-refractivity contribution < 1.29 is 13.5 Å². The van der Waals surface area contributed by atoms with E-state index in [1.54, 1.807) is 37.7 Å². The number of hydrogen-bond donors (Lipinski definition) is 2. The first-order valence-corrected chi connectivity index (χ1v) is 10.8. The van der Waals surface area contributed by atoms with Crippen LogP contribution in [0.2, 0.25) is 0 Å². The van der Waals surface area contributed by atoms with Crippen LogP contribution in [0.1, 0.15) is 30.2 Å². The molecule has 1 aromatic carbocycles. The first-order valence-electron chi connectivity index (χ1n) is 10.8. The van der Waals surface area contributed by atoms with Gasteiger partial charge in [-0.2, -0.15) is 0 Å². The summed E-state index contributed by atoms with van der Waals surface area (Å²) in [5.41, 5.74) is 0.974. The third kappa shape index (κ3) is 5.85. The number of halogens is 1. The summed E-state index contributed by atoms with van der Waals surface area (Å²) in [6.45, 7) is 3.41. The highest BCUT2D eigenvalue weighted by Crippen LogP contribution is 2.25. The number of furan rings is 1. The van der Waals surface area contributed by atoms with Crippen molar-refractivity contribution in [2.75, 3.05) is 26.7 Å². The van der Waals surface area contributed by atoms with Gasteiger partial charge < -0.3 is 19.8 Å². The Morgan fingerprint density at radius 1 is 1.19 bits per heavy atom. The number of hydrogen-bond acceptors (Lipinski definition) is 5. The maximum Gasteiger partial charge on any atom is 0.219 e. The van der Waals surface area contributed by atoms with E-state index in [-0.39, 0.29) is 11.9 Å². The number of benzene rings is 1. The fraction of sp³-hybridized carbons (Fsp3) is 0.333. The average Bonchev–Trinajstić information content (AvgIpc) is 3.52. The second-order valence-electron chi connectivity index (χ2n) is 7.65. The van der Waals surface area contributed by atoms with Crippen molar-refractivity contribution in [2.24, 2.45) is 4.99 Å². The third-order valence-corrected chi connectivity index (χ3v) is 5.42. The van der Waals surface area contributed by atoms with Gasteiger partial charge in [-0.25, -0.2) is 9.37 Å². The molecule has 2 N–H and O–H groups in total. The highest BCUT2D eigenvalue weighted by atomic mass is 19.1. The van der Waals surface area contributed by atoms with E-state index in [1.165, 1.54) is 25.0 Å². The normalized spacial score (nSPS) is 15.5. The van der Waals surface area contributed by atoms with Crippen LogP contribution in [0.25, 0.3) is 0 Å². The van der Waals surface area contributed by atoms with Crippen LogP contribution in [0, 0.1) is 5.82 Å². The van der Waals surface area contributed by atoms with Gasteiger partial charge in [0.2, 0.25) is 5.88 Å². The Labute approximate surface area is 187 Å². The van der Waals surface area contributed by atoms with Crippen molar-refractivity contribution >= 4 is 5.96 Å². The van der Waals surface area contributed by atoms with Gasteiger partial charge in [-0.3, -0.25) is 9.89 Å². The lowest BCUT2D eigenvalue weighted by molar-refractivity contribution is 0.215. The van der Waals surface area contributed by atoms with Crippen molar-refractivity contribution in [3.05, 3.63) is 78.1 Å². The summed E-state index contributed by atoms with van der Waals surface area (Å²) in [6, 6.07) is 13.8. The Bertz CT molecular complexity index is 1000. The standard InChI is InChI=1S/C24H28FN5O2/c1-26-24(29-17-21(22-8-5-13-31-22)30-11-2-3-12-30)28-16-18-9-10-23(27-15-18)32-20-7-4-6-19(25)14-20/h4-10,13-15,21H,2-3,11-12,16-17H2,1H3,(H2,26,28,29). The zero-order valence-electron chi connectivity index (χ0n) is 18.1. The molecule has 0 saturated carbocycles. The summed E-state index contributed by atoms with van der Waals surface area (Å²) in [7, 11) is 1.75. The van der Waals surface area contributed by atoms with E-state index in [1.807, 2.05) is 18.2 Å². The first kappa shape index (κ1) is 21.8. The number of aromatic nitrogens is 1. The summed E-state index contributed by atoms with van der Waals surface area (Å²) in [6.07, 6.45) is 5.89. The maximum absolute atomic E-state index is 13.3. The largest absolute Gasteiger partial charge is 0.468 e. The second-order valence-corrected chi connectivity index (χ2v) is 7.65. The van der Waals surface area contributed by atoms with E-state index in [0.29, 0.717) is 30.7 Å². The molecule has 3 heterocycles. The van der Waals surface area contributed by atoms with Crippen LogP contribution >= 0.6 is 0 Å². The van der Waals surface area contributed by atoms with Crippen LogP contribution in [-0.2, 0) is 6.54 Å². The molecule has 0 amide bonds. The topological polar surface area (TPSA) is 74.9 Å². The van der Waals surface area contributed by atoms with Crippen LogP contribution in [0.4, 0.5) is 4.39 Å². The Kier molecular flexibility index (Phi) is 7.34. The second kappa shape index (κ2) is 10.8. The molecule has 32 heavy (non-hydrogen) atoms. The number of guanidine groups is 1.